The zero-order valence-corrected chi connectivity index (χ0v) is 12.9. The number of ether oxygens (including phenoxy) is 1. The molecule has 0 heterocycles. The Hall–Kier alpha value is -2.88. The molecule has 0 fully saturated rings. The highest BCUT2D eigenvalue weighted by Gasteiger charge is 2.40. The van der Waals surface area contributed by atoms with Gasteiger partial charge in [0.05, 0.1) is 18.7 Å². The van der Waals surface area contributed by atoms with Crippen LogP contribution in [0.3, 0.4) is 0 Å². The predicted molar refractivity (Wildman–Crippen MR) is 88.9 cm³/mol. The summed E-state index contributed by atoms with van der Waals surface area (Å²) in [5.74, 6) is 0. The first-order valence-electron chi connectivity index (χ1n) is 7.39. The number of benzene rings is 2. The number of hydrogen-bond donors (Lipinski definition) is 0. The maximum Gasteiger partial charge on any atom is 0.177 e. The van der Waals surface area contributed by atoms with Gasteiger partial charge in [-0.1, -0.05) is 66.7 Å². The van der Waals surface area contributed by atoms with E-state index in [0.717, 1.165) is 11.1 Å². The van der Waals surface area contributed by atoms with Crippen molar-refractivity contribution in [1.82, 2.24) is 0 Å². The Labute approximate surface area is 137 Å². The summed E-state index contributed by atoms with van der Waals surface area (Å²) in [6.45, 7) is 4.01. The minimum Gasteiger partial charge on any atom is -0.366 e. The molecule has 2 rings (SSSR count). The van der Waals surface area contributed by atoms with Crippen molar-refractivity contribution in [3.8, 4) is 12.1 Å². The molecule has 3 nitrogen and oxygen atoms in total. The topological polar surface area (TPSA) is 56.8 Å². The fraction of sp³-hybridized carbons (Fsp3) is 0.200. The second-order valence-electron chi connectivity index (χ2n) is 5.28. The summed E-state index contributed by atoms with van der Waals surface area (Å²) in [7, 11) is 0. The van der Waals surface area contributed by atoms with Crippen molar-refractivity contribution in [3.05, 3.63) is 84.4 Å². The van der Waals surface area contributed by atoms with Crippen molar-refractivity contribution >= 4 is 0 Å². The summed E-state index contributed by atoms with van der Waals surface area (Å²) >= 11 is 0. The van der Waals surface area contributed by atoms with Crippen LogP contribution in [0.1, 0.15) is 23.7 Å². The lowest BCUT2D eigenvalue weighted by atomic mass is 9.78. The lowest BCUT2D eigenvalue weighted by molar-refractivity contribution is -0.00790. The van der Waals surface area contributed by atoms with E-state index in [0.29, 0.717) is 6.61 Å². The molecule has 0 aliphatic rings. The summed E-state index contributed by atoms with van der Waals surface area (Å²) in [6.07, 6.45) is 1.19. The van der Waals surface area contributed by atoms with E-state index in [9.17, 15) is 10.5 Å². The van der Waals surface area contributed by atoms with Crippen LogP contribution in [0.5, 0.6) is 0 Å². The summed E-state index contributed by atoms with van der Waals surface area (Å²) in [4.78, 5) is 0. The van der Waals surface area contributed by atoms with E-state index in [2.05, 4.69) is 18.7 Å². The van der Waals surface area contributed by atoms with E-state index < -0.39 is 11.5 Å². The third kappa shape index (κ3) is 3.86. The maximum absolute atomic E-state index is 9.64. The maximum atomic E-state index is 9.64. The second kappa shape index (κ2) is 7.94. The van der Waals surface area contributed by atoms with Gasteiger partial charge in [-0.2, -0.15) is 10.5 Å². The van der Waals surface area contributed by atoms with E-state index in [1.807, 2.05) is 60.7 Å². The number of hydrogen-bond acceptors (Lipinski definition) is 3. The minimum absolute atomic E-state index is 0.244. The molecule has 0 bridgehead atoms. The van der Waals surface area contributed by atoms with Gasteiger partial charge in [-0.3, -0.25) is 0 Å². The molecule has 0 aliphatic carbocycles. The van der Waals surface area contributed by atoms with E-state index in [1.165, 1.54) is 0 Å². The van der Waals surface area contributed by atoms with Gasteiger partial charge in [0.15, 0.2) is 5.41 Å². The Morgan fingerprint density at radius 3 is 2.09 bits per heavy atom. The molecule has 0 aliphatic heterocycles. The SMILES string of the molecule is C=CCC(C#N)(C#N)C(OCc1ccccc1)c1ccccc1. The van der Waals surface area contributed by atoms with Gasteiger partial charge in [-0.15, -0.1) is 6.58 Å². The van der Waals surface area contributed by atoms with E-state index in [-0.39, 0.29) is 6.42 Å². The van der Waals surface area contributed by atoms with Gasteiger partial charge in [0.25, 0.3) is 0 Å². The fourth-order valence-electron chi connectivity index (χ4n) is 2.47. The number of nitrogens with zero attached hydrogens (tertiary/aromatic N) is 2. The van der Waals surface area contributed by atoms with Gasteiger partial charge in [-0.25, -0.2) is 0 Å². The molecule has 1 unspecified atom stereocenters. The number of rotatable bonds is 7. The highest BCUT2D eigenvalue weighted by molar-refractivity contribution is 5.29. The minimum atomic E-state index is -1.29. The average Bonchev–Trinajstić information content (AvgIpc) is 2.62. The van der Waals surface area contributed by atoms with Gasteiger partial charge in [0, 0.05) is 0 Å². The molecule has 1 atom stereocenters. The molecule has 0 N–H and O–H groups in total. The molecular weight excluding hydrogens is 284 g/mol. The average molecular weight is 302 g/mol. The third-order valence-electron chi connectivity index (χ3n) is 3.67. The van der Waals surface area contributed by atoms with E-state index in [4.69, 9.17) is 4.74 Å². The van der Waals surface area contributed by atoms with Gasteiger partial charge >= 0.3 is 0 Å². The highest BCUT2D eigenvalue weighted by atomic mass is 16.5. The molecule has 2 aromatic rings. The van der Waals surface area contributed by atoms with Crippen LogP contribution < -0.4 is 0 Å². The Balaban J connectivity index is 2.34. The fourth-order valence-corrected chi connectivity index (χ4v) is 2.47. The van der Waals surface area contributed by atoms with Crippen LogP contribution in [-0.2, 0) is 11.3 Å². The smallest absolute Gasteiger partial charge is 0.177 e. The molecule has 3 heteroatoms. The molecule has 0 radical (unpaired) electrons. The molecule has 0 saturated heterocycles. The summed E-state index contributed by atoms with van der Waals surface area (Å²) < 4.78 is 6.02. The summed E-state index contributed by atoms with van der Waals surface area (Å²) in [5, 5.41) is 19.3. The highest BCUT2D eigenvalue weighted by Crippen LogP contribution is 2.40. The monoisotopic (exact) mass is 302 g/mol. The van der Waals surface area contributed by atoms with Crippen LogP contribution in [0.25, 0.3) is 0 Å². The van der Waals surface area contributed by atoms with Crippen LogP contribution in [0.15, 0.2) is 73.3 Å². The predicted octanol–water partition coefficient (Wildman–Crippen LogP) is 4.55. The van der Waals surface area contributed by atoms with Crippen LogP contribution in [-0.4, -0.2) is 0 Å². The Morgan fingerprint density at radius 1 is 1.00 bits per heavy atom. The first-order chi connectivity index (χ1) is 11.3. The van der Waals surface area contributed by atoms with Gasteiger partial charge in [0.2, 0.25) is 0 Å². The van der Waals surface area contributed by atoms with E-state index >= 15 is 0 Å². The Kier molecular flexibility index (Phi) is 5.69. The first kappa shape index (κ1) is 16.5. The quantitative estimate of drug-likeness (QED) is 0.705. The number of allylic oxidation sites excluding steroid dienone is 1. The van der Waals surface area contributed by atoms with Crippen LogP contribution in [0, 0.1) is 28.1 Å². The normalized spacial score (nSPS) is 11.9. The lowest BCUT2D eigenvalue weighted by Crippen LogP contribution is -2.27. The van der Waals surface area contributed by atoms with Crippen molar-refractivity contribution in [3.63, 3.8) is 0 Å². The molecule has 23 heavy (non-hydrogen) atoms. The molecular formula is C20H18N2O. The molecule has 0 amide bonds. The second-order valence-corrected chi connectivity index (χ2v) is 5.28. The molecule has 0 spiro atoms. The van der Waals surface area contributed by atoms with Gasteiger partial charge in [-0.05, 0) is 17.5 Å². The Morgan fingerprint density at radius 2 is 1.57 bits per heavy atom. The van der Waals surface area contributed by atoms with E-state index in [1.54, 1.807) is 6.08 Å². The van der Waals surface area contributed by atoms with Crippen LogP contribution in [0.4, 0.5) is 0 Å². The third-order valence-corrected chi connectivity index (χ3v) is 3.67. The molecule has 0 aromatic heterocycles. The van der Waals surface area contributed by atoms with Gasteiger partial charge < -0.3 is 4.74 Å². The molecule has 114 valence electrons. The lowest BCUT2D eigenvalue weighted by Gasteiger charge is -2.29. The molecule has 0 saturated carbocycles. The summed E-state index contributed by atoms with van der Waals surface area (Å²) in [6, 6.07) is 23.4. The van der Waals surface area contributed by atoms with Crippen molar-refractivity contribution < 1.29 is 4.74 Å². The first-order valence-corrected chi connectivity index (χ1v) is 7.39. The van der Waals surface area contributed by atoms with Crippen LogP contribution in [0.2, 0.25) is 0 Å². The van der Waals surface area contributed by atoms with Crippen molar-refractivity contribution in [2.45, 2.75) is 19.1 Å². The van der Waals surface area contributed by atoms with Crippen LogP contribution >= 0.6 is 0 Å². The number of nitriles is 2. The van der Waals surface area contributed by atoms with Crippen molar-refractivity contribution in [2.75, 3.05) is 0 Å². The van der Waals surface area contributed by atoms with Crippen molar-refractivity contribution in [1.29, 1.82) is 10.5 Å². The zero-order valence-electron chi connectivity index (χ0n) is 12.9. The van der Waals surface area contributed by atoms with Gasteiger partial charge in [0.1, 0.15) is 6.10 Å². The Bertz CT molecular complexity index is 697. The zero-order chi connectivity index (χ0) is 16.5. The molecule has 2 aromatic carbocycles. The van der Waals surface area contributed by atoms with Crippen molar-refractivity contribution in [2.24, 2.45) is 5.41 Å². The standard InChI is InChI=1S/C20H18N2O/c1-2-13-20(15-21,16-22)19(18-11-7-4-8-12-18)23-14-17-9-5-3-6-10-17/h2-12,19H,1,13-14H2. The largest absolute Gasteiger partial charge is 0.366 e. The summed E-state index contributed by atoms with van der Waals surface area (Å²) in [5.41, 5.74) is 0.517.